The van der Waals surface area contributed by atoms with Crippen molar-refractivity contribution in [3.05, 3.63) is 22.7 Å². The highest BCUT2D eigenvalue weighted by Crippen LogP contribution is 2.41. The molecular weight excluding hydrogens is 280 g/mol. The van der Waals surface area contributed by atoms with Crippen molar-refractivity contribution in [2.24, 2.45) is 0 Å². The van der Waals surface area contributed by atoms with Gasteiger partial charge in [0.05, 0.1) is 6.10 Å². The van der Waals surface area contributed by atoms with Crippen molar-refractivity contribution in [1.82, 2.24) is 0 Å². The third kappa shape index (κ3) is 2.87. The van der Waals surface area contributed by atoms with Crippen molar-refractivity contribution in [3.63, 3.8) is 0 Å². The first-order valence-electron chi connectivity index (χ1n) is 5.88. The molecule has 1 unspecified atom stereocenters. The van der Waals surface area contributed by atoms with Crippen LogP contribution in [0.25, 0.3) is 0 Å². The molecule has 1 nitrogen and oxygen atoms in total. The van der Waals surface area contributed by atoms with Gasteiger partial charge in [0.2, 0.25) is 0 Å². The average Bonchev–Trinajstić information content (AvgIpc) is 2.44. The molecule has 1 atom stereocenters. The van der Waals surface area contributed by atoms with Crippen LogP contribution in [0.1, 0.15) is 33.6 Å². The summed E-state index contributed by atoms with van der Waals surface area (Å²) in [5.41, 5.74) is 1.25. The van der Waals surface area contributed by atoms with Gasteiger partial charge in [0.25, 0.3) is 0 Å². The van der Waals surface area contributed by atoms with Gasteiger partial charge < -0.3 is 4.43 Å². The van der Waals surface area contributed by atoms with Gasteiger partial charge in [-0.1, -0.05) is 49.4 Å². The van der Waals surface area contributed by atoms with Gasteiger partial charge in [0.15, 0.2) is 8.32 Å². The molecule has 0 spiro atoms. The standard InChI is InChI=1S/C13H23BrOSi/c1-7-10-11(14)8-9-12(10)15-16(5,6)13(2,3)4/h7,12H,1,8-9H2,2-6H3. The summed E-state index contributed by atoms with van der Waals surface area (Å²) in [6, 6.07) is 0. The Morgan fingerprint density at radius 1 is 1.44 bits per heavy atom. The van der Waals surface area contributed by atoms with E-state index in [0.29, 0.717) is 0 Å². The van der Waals surface area contributed by atoms with Crippen LogP contribution in [-0.4, -0.2) is 14.4 Å². The van der Waals surface area contributed by atoms with E-state index in [4.69, 9.17) is 4.43 Å². The maximum absolute atomic E-state index is 6.42. The zero-order valence-electron chi connectivity index (χ0n) is 11.1. The van der Waals surface area contributed by atoms with E-state index in [0.717, 1.165) is 12.8 Å². The summed E-state index contributed by atoms with van der Waals surface area (Å²) in [6.45, 7) is 15.3. The van der Waals surface area contributed by atoms with E-state index in [1.54, 1.807) is 0 Å². The largest absolute Gasteiger partial charge is 0.410 e. The average molecular weight is 303 g/mol. The number of hydrogen-bond acceptors (Lipinski definition) is 1. The summed E-state index contributed by atoms with van der Waals surface area (Å²) in [4.78, 5) is 0. The molecule has 16 heavy (non-hydrogen) atoms. The molecule has 0 aromatic rings. The molecule has 3 heteroatoms. The van der Waals surface area contributed by atoms with Crippen molar-refractivity contribution in [2.45, 2.75) is 57.8 Å². The predicted octanol–water partition coefficient (Wildman–Crippen LogP) is 5.01. The minimum Gasteiger partial charge on any atom is -0.410 e. The van der Waals surface area contributed by atoms with E-state index in [-0.39, 0.29) is 11.1 Å². The number of allylic oxidation sites excluding steroid dienone is 1. The molecule has 1 aliphatic carbocycles. The zero-order valence-corrected chi connectivity index (χ0v) is 13.6. The van der Waals surface area contributed by atoms with E-state index in [9.17, 15) is 0 Å². The highest BCUT2D eigenvalue weighted by Gasteiger charge is 2.40. The molecular formula is C13H23BrOSi. The van der Waals surface area contributed by atoms with Crippen molar-refractivity contribution >= 4 is 24.2 Å². The van der Waals surface area contributed by atoms with Crippen LogP contribution in [0.5, 0.6) is 0 Å². The van der Waals surface area contributed by atoms with Gasteiger partial charge in [-0.3, -0.25) is 0 Å². The lowest BCUT2D eigenvalue weighted by Crippen LogP contribution is -2.43. The van der Waals surface area contributed by atoms with Gasteiger partial charge in [-0.2, -0.15) is 0 Å². The predicted molar refractivity (Wildman–Crippen MR) is 77.5 cm³/mol. The van der Waals surface area contributed by atoms with Crippen LogP contribution in [0.3, 0.4) is 0 Å². The van der Waals surface area contributed by atoms with Crippen LogP contribution in [-0.2, 0) is 4.43 Å². The summed E-state index contributed by atoms with van der Waals surface area (Å²) in [7, 11) is -1.66. The molecule has 0 aromatic carbocycles. The van der Waals surface area contributed by atoms with Crippen molar-refractivity contribution < 1.29 is 4.43 Å². The topological polar surface area (TPSA) is 9.23 Å². The third-order valence-corrected chi connectivity index (χ3v) is 9.09. The Balaban J connectivity index is 2.80. The first-order valence-corrected chi connectivity index (χ1v) is 9.58. The van der Waals surface area contributed by atoms with Crippen LogP contribution < -0.4 is 0 Å². The fraction of sp³-hybridized carbons (Fsp3) is 0.692. The number of rotatable bonds is 3. The monoisotopic (exact) mass is 302 g/mol. The second kappa shape index (κ2) is 4.79. The Labute approximate surface area is 109 Å². The lowest BCUT2D eigenvalue weighted by molar-refractivity contribution is 0.217. The summed E-state index contributed by atoms with van der Waals surface area (Å²) in [5.74, 6) is 0. The fourth-order valence-corrected chi connectivity index (χ4v) is 3.59. The molecule has 0 amide bonds. The SMILES string of the molecule is C=CC1=C(Br)CCC1O[Si](C)(C)C(C)(C)C. The summed E-state index contributed by atoms with van der Waals surface area (Å²) in [5, 5.41) is 0.272. The van der Waals surface area contributed by atoms with Crippen LogP contribution in [0.2, 0.25) is 18.1 Å². The van der Waals surface area contributed by atoms with Crippen LogP contribution in [0.4, 0.5) is 0 Å². The molecule has 1 rings (SSSR count). The van der Waals surface area contributed by atoms with Gasteiger partial charge in [-0.15, -0.1) is 0 Å². The molecule has 0 saturated heterocycles. The van der Waals surface area contributed by atoms with Crippen LogP contribution in [0, 0.1) is 0 Å². The Morgan fingerprint density at radius 3 is 2.44 bits per heavy atom. The van der Waals surface area contributed by atoms with Gasteiger partial charge >= 0.3 is 0 Å². The van der Waals surface area contributed by atoms with Crippen molar-refractivity contribution in [1.29, 1.82) is 0 Å². The van der Waals surface area contributed by atoms with Gasteiger partial charge in [0, 0.05) is 4.48 Å². The fourth-order valence-electron chi connectivity index (χ4n) is 1.63. The molecule has 0 N–H and O–H groups in total. The highest BCUT2D eigenvalue weighted by atomic mass is 79.9. The van der Waals surface area contributed by atoms with Gasteiger partial charge in [-0.25, -0.2) is 0 Å². The molecule has 0 aliphatic heterocycles. The summed E-state index contributed by atoms with van der Waals surface area (Å²) in [6.07, 6.45) is 4.37. The van der Waals surface area contributed by atoms with Gasteiger partial charge in [-0.05, 0) is 36.5 Å². The Bertz CT molecular complexity index is 312. The Morgan fingerprint density at radius 2 is 2.00 bits per heavy atom. The minimum absolute atomic E-state index is 0.257. The Kier molecular flexibility index (Phi) is 4.25. The maximum atomic E-state index is 6.42. The lowest BCUT2D eigenvalue weighted by atomic mass is 10.2. The summed E-state index contributed by atoms with van der Waals surface area (Å²) < 4.78 is 7.69. The quantitative estimate of drug-likeness (QED) is 0.666. The van der Waals surface area contributed by atoms with Crippen LogP contribution in [0.15, 0.2) is 22.7 Å². The van der Waals surface area contributed by atoms with E-state index < -0.39 is 8.32 Å². The van der Waals surface area contributed by atoms with E-state index in [1.807, 2.05) is 6.08 Å². The first kappa shape index (κ1) is 14.2. The molecule has 0 aromatic heterocycles. The Hall–Kier alpha value is 0.137. The van der Waals surface area contributed by atoms with E-state index in [1.165, 1.54) is 10.1 Å². The van der Waals surface area contributed by atoms with Crippen molar-refractivity contribution in [2.75, 3.05) is 0 Å². The van der Waals surface area contributed by atoms with E-state index >= 15 is 0 Å². The second-order valence-corrected chi connectivity index (χ2v) is 11.7. The lowest BCUT2D eigenvalue weighted by Gasteiger charge is -2.38. The molecule has 0 bridgehead atoms. The molecule has 0 saturated carbocycles. The number of halogens is 1. The highest BCUT2D eigenvalue weighted by molar-refractivity contribution is 9.11. The normalized spacial score (nSPS) is 22.8. The molecule has 92 valence electrons. The molecule has 0 radical (unpaired) electrons. The van der Waals surface area contributed by atoms with E-state index in [2.05, 4.69) is 56.4 Å². The third-order valence-electron chi connectivity index (χ3n) is 3.75. The maximum Gasteiger partial charge on any atom is 0.192 e. The van der Waals surface area contributed by atoms with Crippen molar-refractivity contribution in [3.8, 4) is 0 Å². The first-order chi connectivity index (χ1) is 7.19. The summed E-state index contributed by atoms with van der Waals surface area (Å²) >= 11 is 3.61. The number of hydrogen-bond donors (Lipinski definition) is 0. The molecule has 0 fully saturated rings. The van der Waals surface area contributed by atoms with Crippen LogP contribution >= 0.6 is 15.9 Å². The smallest absolute Gasteiger partial charge is 0.192 e. The second-order valence-electron chi connectivity index (χ2n) is 5.97. The van der Waals surface area contributed by atoms with Gasteiger partial charge in [0.1, 0.15) is 0 Å². The molecule has 0 heterocycles. The minimum atomic E-state index is -1.66. The molecule has 1 aliphatic rings. The zero-order chi connectivity index (χ0) is 12.6.